The highest BCUT2D eigenvalue weighted by Gasteiger charge is 2.01. The zero-order valence-corrected chi connectivity index (χ0v) is 16.6. The van der Waals surface area contributed by atoms with Crippen molar-refractivity contribution >= 4 is 35.6 Å². The van der Waals surface area contributed by atoms with E-state index < -0.39 is 0 Å². The van der Waals surface area contributed by atoms with Gasteiger partial charge in [0.25, 0.3) is 0 Å². The van der Waals surface area contributed by atoms with E-state index in [1.54, 1.807) is 0 Å². The molecule has 0 aliphatic rings. The van der Waals surface area contributed by atoms with E-state index in [2.05, 4.69) is 71.8 Å². The van der Waals surface area contributed by atoms with Gasteiger partial charge in [0.2, 0.25) is 0 Å². The summed E-state index contributed by atoms with van der Waals surface area (Å²) >= 11 is 0. The Labute approximate surface area is 152 Å². The number of guanidine groups is 1. The van der Waals surface area contributed by atoms with E-state index in [0.29, 0.717) is 5.92 Å². The van der Waals surface area contributed by atoms with Crippen molar-refractivity contribution in [1.29, 1.82) is 0 Å². The van der Waals surface area contributed by atoms with Gasteiger partial charge >= 0.3 is 0 Å². The molecule has 1 aromatic rings. The van der Waals surface area contributed by atoms with Crippen LogP contribution in [0.4, 0.5) is 5.69 Å². The van der Waals surface area contributed by atoms with Crippen LogP contribution in [0.3, 0.4) is 0 Å². The lowest BCUT2D eigenvalue weighted by molar-refractivity contribution is 0.610. The van der Waals surface area contributed by atoms with Crippen molar-refractivity contribution in [2.75, 3.05) is 38.6 Å². The van der Waals surface area contributed by atoms with Crippen molar-refractivity contribution in [3.63, 3.8) is 0 Å². The summed E-state index contributed by atoms with van der Waals surface area (Å²) < 4.78 is 0. The van der Waals surface area contributed by atoms with Gasteiger partial charge in [0.1, 0.15) is 0 Å². The van der Waals surface area contributed by atoms with Gasteiger partial charge in [0.15, 0.2) is 5.96 Å². The molecule has 1 aromatic carbocycles. The number of anilines is 1. The first-order valence-electron chi connectivity index (χ1n) is 7.84. The Morgan fingerprint density at radius 2 is 1.82 bits per heavy atom. The van der Waals surface area contributed by atoms with Gasteiger partial charge < -0.3 is 15.5 Å². The van der Waals surface area contributed by atoms with Gasteiger partial charge in [0, 0.05) is 39.4 Å². The van der Waals surface area contributed by atoms with Crippen molar-refractivity contribution < 1.29 is 0 Å². The van der Waals surface area contributed by atoms with E-state index in [9.17, 15) is 0 Å². The number of nitrogens with zero attached hydrogens (tertiary/aromatic N) is 2. The first kappa shape index (κ1) is 21.0. The molecular formula is C17H31IN4. The van der Waals surface area contributed by atoms with Crippen LogP contribution in [-0.4, -0.2) is 39.7 Å². The summed E-state index contributed by atoms with van der Waals surface area (Å²) in [6.45, 7) is 7.37. The first-order valence-corrected chi connectivity index (χ1v) is 7.84. The Morgan fingerprint density at radius 1 is 1.14 bits per heavy atom. The van der Waals surface area contributed by atoms with E-state index in [0.717, 1.165) is 32.0 Å². The summed E-state index contributed by atoms with van der Waals surface area (Å²) in [5.74, 6) is 1.53. The van der Waals surface area contributed by atoms with Crippen molar-refractivity contribution in [3.05, 3.63) is 30.3 Å². The number of halogens is 1. The molecule has 0 spiro atoms. The fraction of sp³-hybridized carbons (Fsp3) is 0.588. The molecular weight excluding hydrogens is 387 g/mol. The second kappa shape index (κ2) is 12.6. The number of hydrogen-bond donors (Lipinski definition) is 2. The third kappa shape index (κ3) is 9.12. The van der Waals surface area contributed by atoms with Crippen LogP contribution in [0.5, 0.6) is 0 Å². The molecule has 22 heavy (non-hydrogen) atoms. The molecule has 0 fully saturated rings. The highest BCUT2D eigenvalue weighted by molar-refractivity contribution is 14.0. The molecule has 0 bridgehead atoms. The fourth-order valence-electron chi connectivity index (χ4n) is 2.01. The van der Waals surface area contributed by atoms with Crippen molar-refractivity contribution in [1.82, 2.24) is 10.6 Å². The van der Waals surface area contributed by atoms with Crippen LogP contribution in [0, 0.1) is 5.92 Å². The smallest absolute Gasteiger partial charge is 0.190 e. The molecule has 0 saturated heterocycles. The normalized spacial score (nSPS) is 11.0. The van der Waals surface area contributed by atoms with Crippen LogP contribution < -0.4 is 15.5 Å². The van der Waals surface area contributed by atoms with E-state index in [1.807, 2.05) is 7.05 Å². The zero-order valence-electron chi connectivity index (χ0n) is 14.3. The number of aliphatic imine (C=N–C) groups is 1. The zero-order chi connectivity index (χ0) is 15.5. The van der Waals surface area contributed by atoms with Crippen molar-refractivity contribution in [2.24, 2.45) is 10.9 Å². The topological polar surface area (TPSA) is 39.7 Å². The van der Waals surface area contributed by atoms with Gasteiger partial charge in [-0.15, -0.1) is 24.0 Å². The lowest BCUT2D eigenvalue weighted by Gasteiger charge is -2.19. The Bertz CT molecular complexity index is 406. The maximum absolute atomic E-state index is 4.22. The summed E-state index contributed by atoms with van der Waals surface area (Å²) in [6, 6.07) is 10.5. The molecule has 0 heterocycles. The molecule has 1 rings (SSSR count). The number of hydrogen-bond acceptors (Lipinski definition) is 2. The lowest BCUT2D eigenvalue weighted by atomic mass is 10.2. The number of rotatable bonds is 8. The molecule has 0 unspecified atom stereocenters. The van der Waals surface area contributed by atoms with Gasteiger partial charge in [-0.2, -0.15) is 0 Å². The second-order valence-corrected chi connectivity index (χ2v) is 5.74. The predicted octanol–water partition coefficient (Wildman–Crippen LogP) is 3.34. The Kier molecular flexibility index (Phi) is 12.0. The van der Waals surface area contributed by atoms with Crippen LogP contribution in [0.15, 0.2) is 35.3 Å². The van der Waals surface area contributed by atoms with E-state index in [1.165, 1.54) is 12.1 Å². The first-order chi connectivity index (χ1) is 10.1. The van der Waals surface area contributed by atoms with Gasteiger partial charge in [-0.3, -0.25) is 4.99 Å². The fourth-order valence-corrected chi connectivity index (χ4v) is 2.01. The largest absolute Gasteiger partial charge is 0.375 e. The Hall–Kier alpha value is -0.980. The molecule has 0 aliphatic carbocycles. The summed E-state index contributed by atoms with van der Waals surface area (Å²) in [5, 5.41) is 6.68. The SMILES string of the molecule is CN=C(NCCCCN(C)c1ccccc1)NCC(C)C.I. The third-order valence-electron chi connectivity index (χ3n) is 3.31. The molecule has 0 saturated carbocycles. The molecule has 0 atom stereocenters. The maximum Gasteiger partial charge on any atom is 0.190 e. The van der Waals surface area contributed by atoms with E-state index >= 15 is 0 Å². The van der Waals surface area contributed by atoms with E-state index in [4.69, 9.17) is 0 Å². The van der Waals surface area contributed by atoms with Crippen LogP contribution in [0.25, 0.3) is 0 Å². The molecule has 4 nitrogen and oxygen atoms in total. The maximum atomic E-state index is 4.22. The van der Waals surface area contributed by atoms with Gasteiger partial charge in [-0.05, 0) is 30.9 Å². The molecule has 0 amide bonds. The van der Waals surface area contributed by atoms with Crippen LogP contribution in [0.2, 0.25) is 0 Å². The number of nitrogens with one attached hydrogen (secondary N) is 2. The number of unbranched alkanes of at least 4 members (excludes halogenated alkanes) is 1. The van der Waals surface area contributed by atoms with Crippen molar-refractivity contribution in [3.8, 4) is 0 Å². The van der Waals surface area contributed by atoms with Gasteiger partial charge in [-0.1, -0.05) is 32.0 Å². The summed E-state index contributed by atoms with van der Waals surface area (Å²) in [7, 11) is 3.96. The predicted molar refractivity (Wildman–Crippen MR) is 109 cm³/mol. The summed E-state index contributed by atoms with van der Waals surface area (Å²) in [4.78, 5) is 6.52. The standard InChI is InChI=1S/C17H30N4.HI/c1-15(2)14-20-17(18-3)19-12-8-9-13-21(4)16-10-6-5-7-11-16;/h5-7,10-11,15H,8-9,12-14H2,1-4H3,(H2,18,19,20);1H. The van der Waals surface area contributed by atoms with Gasteiger partial charge in [-0.25, -0.2) is 0 Å². The molecule has 0 radical (unpaired) electrons. The van der Waals surface area contributed by atoms with Gasteiger partial charge in [0.05, 0.1) is 0 Å². The average Bonchev–Trinajstić information content (AvgIpc) is 2.50. The van der Waals surface area contributed by atoms with E-state index in [-0.39, 0.29) is 24.0 Å². The lowest BCUT2D eigenvalue weighted by Crippen LogP contribution is -2.39. The second-order valence-electron chi connectivity index (χ2n) is 5.74. The van der Waals surface area contributed by atoms with Crippen LogP contribution >= 0.6 is 24.0 Å². The van der Waals surface area contributed by atoms with Crippen molar-refractivity contribution in [2.45, 2.75) is 26.7 Å². The molecule has 5 heteroatoms. The Balaban J connectivity index is 0.00000441. The van der Waals surface area contributed by atoms with Crippen LogP contribution in [-0.2, 0) is 0 Å². The average molecular weight is 418 g/mol. The highest BCUT2D eigenvalue weighted by atomic mass is 127. The molecule has 126 valence electrons. The number of benzene rings is 1. The molecule has 0 aliphatic heterocycles. The summed E-state index contributed by atoms with van der Waals surface area (Å²) in [6.07, 6.45) is 2.30. The molecule has 2 N–H and O–H groups in total. The summed E-state index contributed by atoms with van der Waals surface area (Å²) in [5.41, 5.74) is 1.28. The highest BCUT2D eigenvalue weighted by Crippen LogP contribution is 2.11. The third-order valence-corrected chi connectivity index (χ3v) is 3.31. The monoisotopic (exact) mass is 418 g/mol. The Morgan fingerprint density at radius 3 is 2.41 bits per heavy atom. The quantitative estimate of drug-likeness (QED) is 0.295. The minimum Gasteiger partial charge on any atom is -0.375 e. The minimum absolute atomic E-state index is 0. The van der Waals surface area contributed by atoms with Crippen LogP contribution in [0.1, 0.15) is 26.7 Å². The number of para-hydroxylation sites is 1. The minimum atomic E-state index is 0. The molecule has 0 aromatic heterocycles.